The number of unbranched alkanes of at least 4 members (excludes halogenated alkanes) is 21. The third-order valence-electron chi connectivity index (χ3n) is 9.13. The smallest absolute Gasteiger partial charge is 0.306 e. The van der Waals surface area contributed by atoms with Gasteiger partial charge in [0.1, 0.15) is 6.10 Å². The Labute approximate surface area is 298 Å². The Morgan fingerprint density at radius 3 is 1.29 bits per heavy atom. The zero-order valence-corrected chi connectivity index (χ0v) is 31.8. The maximum absolute atomic E-state index is 12.3. The molecule has 0 spiro atoms. The Morgan fingerprint density at radius 1 is 0.479 bits per heavy atom. The summed E-state index contributed by atoms with van der Waals surface area (Å²) >= 11 is 0. The normalized spacial score (nSPS) is 12.7. The summed E-state index contributed by atoms with van der Waals surface area (Å²) in [4.78, 5) is 22.8. The van der Waals surface area contributed by atoms with Crippen molar-refractivity contribution in [3.05, 3.63) is 48.6 Å². The van der Waals surface area contributed by atoms with Crippen LogP contribution in [0.25, 0.3) is 0 Å². The molecule has 1 atom stereocenters. The molecular weight excluding hydrogens is 592 g/mol. The van der Waals surface area contributed by atoms with Crippen LogP contribution in [-0.2, 0) is 14.3 Å². The van der Waals surface area contributed by atoms with Crippen molar-refractivity contribution in [3.63, 3.8) is 0 Å². The van der Waals surface area contributed by atoms with Crippen LogP contribution < -0.4 is 0 Å². The number of carbonyl (C=O) groups is 2. The molecule has 0 aliphatic rings. The van der Waals surface area contributed by atoms with Gasteiger partial charge in [-0.2, -0.15) is 0 Å². The predicted molar refractivity (Wildman–Crippen MR) is 209 cm³/mol. The fourth-order valence-electron chi connectivity index (χ4n) is 5.99. The number of hydrogen-bond acceptors (Lipinski definition) is 3. The molecule has 0 rings (SSSR count). The SMILES string of the molecule is CCCCC/C=C\C/C=C\C/C=C\C/C=C\CCCC(=O)OC(CC)CCCCCCCCCCCCCCCCCCCCC(=O)O. The summed E-state index contributed by atoms with van der Waals surface area (Å²) in [5, 5.41) is 8.65. The van der Waals surface area contributed by atoms with Gasteiger partial charge in [-0.05, 0) is 70.6 Å². The highest BCUT2D eigenvalue weighted by Gasteiger charge is 2.12. The minimum atomic E-state index is -0.663. The van der Waals surface area contributed by atoms with Gasteiger partial charge >= 0.3 is 11.9 Å². The molecule has 0 heterocycles. The molecule has 0 saturated carbocycles. The Bertz CT molecular complexity index is 809. The minimum Gasteiger partial charge on any atom is -0.481 e. The van der Waals surface area contributed by atoms with Gasteiger partial charge < -0.3 is 9.84 Å². The third kappa shape index (κ3) is 38.3. The van der Waals surface area contributed by atoms with E-state index in [-0.39, 0.29) is 12.1 Å². The highest BCUT2D eigenvalue weighted by molar-refractivity contribution is 5.69. The van der Waals surface area contributed by atoms with Crippen LogP contribution in [0.3, 0.4) is 0 Å². The second-order valence-electron chi connectivity index (χ2n) is 13.8. The van der Waals surface area contributed by atoms with Gasteiger partial charge in [-0.1, -0.05) is 178 Å². The Kier molecular flexibility index (Phi) is 37.6. The van der Waals surface area contributed by atoms with E-state index in [1.54, 1.807) is 0 Å². The van der Waals surface area contributed by atoms with Crippen LogP contribution in [-0.4, -0.2) is 23.1 Å². The molecule has 0 fully saturated rings. The van der Waals surface area contributed by atoms with E-state index < -0.39 is 5.97 Å². The van der Waals surface area contributed by atoms with E-state index in [1.165, 1.54) is 128 Å². The van der Waals surface area contributed by atoms with E-state index in [4.69, 9.17) is 9.84 Å². The van der Waals surface area contributed by atoms with Crippen molar-refractivity contribution in [2.24, 2.45) is 0 Å². The molecule has 48 heavy (non-hydrogen) atoms. The van der Waals surface area contributed by atoms with Crippen LogP contribution in [0, 0.1) is 0 Å². The Balaban J connectivity index is 3.51. The molecule has 278 valence electrons. The van der Waals surface area contributed by atoms with Crippen molar-refractivity contribution in [1.82, 2.24) is 0 Å². The molecule has 4 heteroatoms. The quantitative estimate of drug-likeness (QED) is 0.0406. The second kappa shape index (κ2) is 39.3. The van der Waals surface area contributed by atoms with Crippen LogP contribution >= 0.6 is 0 Å². The van der Waals surface area contributed by atoms with Crippen LogP contribution in [0.2, 0.25) is 0 Å². The lowest BCUT2D eigenvalue weighted by Crippen LogP contribution is -2.17. The van der Waals surface area contributed by atoms with E-state index in [0.29, 0.717) is 12.8 Å². The summed E-state index contributed by atoms with van der Waals surface area (Å²) < 4.78 is 5.77. The minimum absolute atomic E-state index is 0.0283. The summed E-state index contributed by atoms with van der Waals surface area (Å²) in [5.41, 5.74) is 0. The van der Waals surface area contributed by atoms with Crippen molar-refractivity contribution >= 4 is 11.9 Å². The molecule has 1 N–H and O–H groups in total. The van der Waals surface area contributed by atoms with Crippen molar-refractivity contribution < 1.29 is 19.4 Å². The fraction of sp³-hybridized carbons (Fsp3) is 0.773. The average Bonchev–Trinajstić information content (AvgIpc) is 3.08. The molecule has 0 amide bonds. The van der Waals surface area contributed by atoms with E-state index in [0.717, 1.165) is 57.8 Å². The Hall–Kier alpha value is -2.10. The highest BCUT2D eigenvalue weighted by atomic mass is 16.5. The number of carboxylic acid groups (broad SMARTS) is 1. The van der Waals surface area contributed by atoms with E-state index in [2.05, 4.69) is 62.5 Å². The topological polar surface area (TPSA) is 63.6 Å². The molecule has 0 aromatic rings. The summed E-state index contributed by atoms with van der Waals surface area (Å²) in [6, 6.07) is 0. The molecule has 0 aliphatic heterocycles. The summed E-state index contributed by atoms with van der Waals surface area (Å²) in [6.07, 6.45) is 53.7. The van der Waals surface area contributed by atoms with Gasteiger partial charge in [0.05, 0.1) is 0 Å². The standard InChI is InChI=1S/C44H78O4/c1-3-5-6-7-8-9-10-11-12-15-20-23-26-29-32-35-38-41-44(47)48-42(4-2)39-36-33-30-27-24-21-18-16-13-14-17-19-22-25-28-31-34-37-40-43(45)46/h8-9,11-12,20,23,29,32,42H,3-7,10,13-19,21-22,24-28,30-31,33-41H2,1-2H3,(H,45,46)/b9-8-,12-11-,23-20-,32-29-. The fourth-order valence-corrected chi connectivity index (χ4v) is 5.99. The number of hydrogen-bond donors (Lipinski definition) is 1. The number of esters is 1. The molecule has 0 aromatic heterocycles. The largest absolute Gasteiger partial charge is 0.481 e. The van der Waals surface area contributed by atoms with Gasteiger partial charge in [-0.25, -0.2) is 0 Å². The molecule has 0 bridgehead atoms. The second-order valence-corrected chi connectivity index (χ2v) is 13.8. The monoisotopic (exact) mass is 671 g/mol. The van der Waals surface area contributed by atoms with Crippen LogP contribution in [0.1, 0.15) is 213 Å². The first kappa shape index (κ1) is 45.9. The van der Waals surface area contributed by atoms with Gasteiger partial charge in [0.25, 0.3) is 0 Å². The van der Waals surface area contributed by atoms with Gasteiger partial charge in [-0.15, -0.1) is 0 Å². The van der Waals surface area contributed by atoms with Crippen LogP contribution in [0.4, 0.5) is 0 Å². The lowest BCUT2D eigenvalue weighted by Gasteiger charge is -2.16. The summed E-state index contributed by atoms with van der Waals surface area (Å²) in [6.45, 7) is 4.38. The van der Waals surface area contributed by atoms with Crippen LogP contribution in [0.15, 0.2) is 48.6 Å². The van der Waals surface area contributed by atoms with Gasteiger partial charge in [-0.3, -0.25) is 9.59 Å². The zero-order valence-electron chi connectivity index (χ0n) is 31.8. The van der Waals surface area contributed by atoms with Crippen molar-refractivity contribution in [2.75, 3.05) is 0 Å². The first-order valence-corrected chi connectivity index (χ1v) is 20.6. The van der Waals surface area contributed by atoms with E-state index in [9.17, 15) is 9.59 Å². The molecule has 0 radical (unpaired) electrons. The van der Waals surface area contributed by atoms with E-state index in [1.807, 2.05) is 0 Å². The lowest BCUT2D eigenvalue weighted by atomic mass is 10.0. The molecule has 4 nitrogen and oxygen atoms in total. The molecular formula is C44H78O4. The molecule has 0 saturated heterocycles. The molecule has 0 aromatic carbocycles. The Morgan fingerprint density at radius 2 is 0.875 bits per heavy atom. The van der Waals surface area contributed by atoms with Gasteiger partial charge in [0.15, 0.2) is 0 Å². The maximum atomic E-state index is 12.3. The highest BCUT2D eigenvalue weighted by Crippen LogP contribution is 2.17. The van der Waals surface area contributed by atoms with Crippen molar-refractivity contribution in [2.45, 2.75) is 219 Å². The van der Waals surface area contributed by atoms with Crippen LogP contribution in [0.5, 0.6) is 0 Å². The van der Waals surface area contributed by atoms with Gasteiger partial charge in [0.2, 0.25) is 0 Å². The van der Waals surface area contributed by atoms with Crippen molar-refractivity contribution in [3.8, 4) is 0 Å². The number of aliphatic carboxylic acids is 1. The number of carbonyl (C=O) groups excluding carboxylic acids is 1. The maximum Gasteiger partial charge on any atom is 0.306 e. The first-order valence-electron chi connectivity index (χ1n) is 20.6. The average molecular weight is 671 g/mol. The van der Waals surface area contributed by atoms with Gasteiger partial charge in [0, 0.05) is 12.8 Å². The molecule has 1 unspecified atom stereocenters. The lowest BCUT2D eigenvalue weighted by molar-refractivity contribution is -0.149. The number of carboxylic acids is 1. The number of allylic oxidation sites excluding steroid dienone is 8. The van der Waals surface area contributed by atoms with E-state index >= 15 is 0 Å². The first-order chi connectivity index (χ1) is 23.6. The number of rotatable bonds is 37. The predicted octanol–water partition coefficient (Wildman–Crippen LogP) is 14.3. The number of ether oxygens (including phenoxy) is 1. The van der Waals surface area contributed by atoms with Crippen molar-refractivity contribution in [1.29, 1.82) is 0 Å². The molecule has 0 aliphatic carbocycles. The zero-order chi connectivity index (χ0) is 35.0. The summed E-state index contributed by atoms with van der Waals surface area (Å²) in [5.74, 6) is -0.691. The third-order valence-corrected chi connectivity index (χ3v) is 9.13. The summed E-state index contributed by atoms with van der Waals surface area (Å²) in [7, 11) is 0.